The van der Waals surface area contributed by atoms with E-state index in [1.807, 2.05) is 0 Å². The van der Waals surface area contributed by atoms with Crippen LogP contribution in [0.25, 0.3) is 0 Å². The van der Waals surface area contributed by atoms with E-state index in [0.29, 0.717) is 5.92 Å². The van der Waals surface area contributed by atoms with Gasteiger partial charge in [-0.15, -0.1) is 11.6 Å². The number of hydrogen-bond acceptors (Lipinski definition) is 1. The van der Waals surface area contributed by atoms with Crippen molar-refractivity contribution in [3.63, 3.8) is 0 Å². The topological polar surface area (TPSA) is 9.23 Å². The van der Waals surface area contributed by atoms with Gasteiger partial charge in [0, 0.05) is 0 Å². The highest BCUT2D eigenvalue weighted by atomic mass is 35.5. The van der Waals surface area contributed by atoms with E-state index in [0.717, 1.165) is 25.2 Å². The van der Waals surface area contributed by atoms with Crippen molar-refractivity contribution in [3.8, 4) is 5.75 Å². The van der Waals surface area contributed by atoms with Crippen LogP contribution in [0.2, 0.25) is 0 Å². The lowest BCUT2D eigenvalue weighted by Gasteiger charge is -2.30. The summed E-state index contributed by atoms with van der Waals surface area (Å²) in [6.45, 7) is 0.860. The van der Waals surface area contributed by atoms with Crippen LogP contribution in [0.3, 0.4) is 0 Å². The maximum atomic E-state index is 6.51. The van der Waals surface area contributed by atoms with Crippen molar-refractivity contribution < 1.29 is 4.74 Å². The first-order valence-corrected chi connectivity index (χ1v) is 6.68. The van der Waals surface area contributed by atoms with Crippen LogP contribution in [0.15, 0.2) is 18.2 Å². The minimum absolute atomic E-state index is 0.209. The molecule has 1 heterocycles. The zero-order chi connectivity index (χ0) is 11.0. The van der Waals surface area contributed by atoms with E-state index in [1.165, 1.54) is 30.4 Å². The molecule has 86 valence electrons. The molecular weight excluding hydrogens is 220 g/mol. The SMILES string of the molecule is ClC(c1ccc2c(c1)CCCO2)C1CCC1. The summed E-state index contributed by atoms with van der Waals surface area (Å²) >= 11 is 6.51. The second-order valence-electron chi connectivity index (χ2n) is 4.91. The molecule has 1 aromatic rings. The molecule has 1 unspecified atom stereocenters. The van der Waals surface area contributed by atoms with Gasteiger partial charge in [-0.25, -0.2) is 0 Å². The highest BCUT2D eigenvalue weighted by molar-refractivity contribution is 6.21. The van der Waals surface area contributed by atoms with E-state index in [-0.39, 0.29) is 5.38 Å². The number of alkyl halides is 1. The third-order valence-electron chi connectivity index (χ3n) is 3.81. The van der Waals surface area contributed by atoms with Gasteiger partial charge in [-0.2, -0.15) is 0 Å². The van der Waals surface area contributed by atoms with Crippen LogP contribution >= 0.6 is 11.6 Å². The Morgan fingerprint density at radius 2 is 2.12 bits per heavy atom. The first-order chi connectivity index (χ1) is 7.84. The fourth-order valence-corrected chi connectivity index (χ4v) is 2.94. The lowest BCUT2D eigenvalue weighted by atomic mass is 9.80. The molecule has 0 N–H and O–H groups in total. The standard InChI is InChI=1S/C14H17ClO/c15-14(10-3-1-4-10)12-6-7-13-11(9-12)5-2-8-16-13/h6-7,9-10,14H,1-5,8H2. The molecule has 2 aliphatic rings. The second-order valence-corrected chi connectivity index (χ2v) is 5.38. The van der Waals surface area contributed by atoms with Crippen LogP contribution in [0.5, 0.6) is 5.75 Å². The first-order valence-electron chi connectivity index (χ1n) is 6.24. The molecule has 2 heteroatoms. The third-order valence-corrected chi connectivity index (χ3v) is 4.42. The third kappa shape index (κ3) is 1.82. The van der Waals surface area contributed by atoms with Crippen molar-refractivity contribution in [1.82, 2.24) is 0 Å². The van der Waals surface area contributed by atoms with Gasteiger partial charge in [-0.05, 0) is 48.8 Å². The highest BCUT2D eigenvalue weighted by Crippen LogP contribution is 2.42. The maximum Gasteiger partial charge on any atom is 0.122 e. The largest absolute Gasteiger partial charge is 0.493 e. The Morgan fingerprint density at radius 1 is 1.25 bits per heavy atom. The Kier molecular flexibility index (Phi) is 2.81. The van der Waals surface area contributed by atoms with Crippen molar-refractivity contribution in [3.05, 3.63) is 29.3 Å². The van der Waals surface area contributed by atoms with Crippen molar-refractivity contribution in [2.45, 2.75) is 37.5 Å². The fraction of sp³-hybridized carbons (Fsp3) is 0.571. The summed E-state index contributed by atoms with van der Waals surface area (Å²) in [7, 11) is 0. The molecule has 1 aliphatic carbocycles. The lowest BCUT2D eigenvalue weighted by Crippen LogP contribution is -2.17. The van der Waals surface area contributed by atoms with Crippen molar-refractivity contribution in [1.29, 1.82) is 0 Å². The molecule has 16 heavy (non-hydrogen) atoms. The van der Waals surface area contributed by atoms with Gasteiger partial charge < -0.3 is 4.74 Å². The number of ether oxygens (including phenoxy) is 1. The van der Waals surface area contributed by atoms with Gasteiger partial charge in [0.25, 0.3) is 0 Å². The van der Waals surface area contributed by atoms with E-state index in [9.17, 15) is 0 Å². The van der Waals surface area contributed by atoms with Crippen molar-refractivity contribution in [2.75, 3.05) is 6.61 Å². The molecule has 1 atom stereocenters. The number of aryl methyl sites for hydroxylation is 1. The lowest BCUT2D eigenvalue weighted by molar-refractivity contribution is 0.286. The molecule has 1 aliphatic heterocycles. The van der Waals surface area contributed by atoms with Crippen LogP contribution in [0, 0.1) is 5.92 Å². The van der Waals surface area contributed by atoms with E-state index in [1.54, 1.807) is 0 Å². The molecule has 0 spiro atoms. The molecule has 0 radical (unpaired) electrons. The summed E-state index contributed by atoms with van der Waals surface area (Å²) in [5.74, 6) is 1.76. The predicted molar refractivity (Wildman–Crippen MR) is 66.2 cm³/mol. The quantitative estimate of drug-likeness (QED) is 0.703. The van der Waals surface area contributed by atoms with Crippen molar-refractivity contribution in [2.24, 2.45) is 5.92 Å². The Balaban J connectivity index is 1.84. The monoisotopic (exact) mass is 236 g/mol. The van der Waals surface area contributed by atoms with Gasteiger partial charge in [-0.1, -0.05) is 18.6 Å². The van der Waals surface area contributed by atoms with Gasteiger partial charge in [-0.3, -0.25) is 0 Å². The molecule has 0 bridgehead atoms. The molecule has 0 saturated heterocycles. The van der Waals surface area contributed by atoms with Crippen LogP contribution in [-0.4, -0.2) is 6.61 Å². The first kappa shape index (κ1) is 10.5. The molecule has 0 aromatic heterocycles. The van der Waals surface area contributed by atoms with E-state index in [2.05, 4.69) is 18.2 Å². The summed E-state index contributed by atoms with van der Waals surface area (Å²) in [6, 6.07) is 6.49. The average Bonchev–Trinajstić information content (AvgIpc) is 2.26. The highest BCUT2D eigenvalue weighted by Gasteiger charge is 2.27. The average molecular weight is 237 g/mol. The molecular formula is C14H17ClO. The maximum absolute atomic E-state index is 6.51. The summed E-state index contributed by atoms with van der Waals surface area (Å²) in [6.07, 6.45) is 6.20. The Labute approximate surface area is 102 Å². The molecule has 1 nitrogen and oxygen atoms in total. The second kappa shape index (κ2) is 4.29. The number of benzene rings is 1. The zero-order valence-electron chi connectivity index (χ0n) is 9.42. The summed E-state index contributed by atoms with van der Waals surface area (Å²) in [5.41, 5.74) is 2.63. The smallest absolute Gasteiger partial charge is 0.122 e. The van der Waals surface area contributed by atoms with Gasteiger partial charge in [0.2, 0.25) is 0 Å². The summed E-state index contributed by atoms with van der Waals surface area (Å²) in [4.78, 5) is 0. The van der Waals surface area contributed by atoms with Gasteiger partial charge >= 0.3 is 0 Å². The Morgan fingerprint density at radius 3 is 2.88 bits per heavy atom. The molecule has 1 saturated carbocycles. The van der Waals surface area contributed by atoms with Crippen LogP contribution in [-0.2, 0) is 6.42 Å². The molecule has 0 amide bonds. The van der Waals surface area contributed by atoms with E-state index >= 15 is 0 Å². The van der Waals surface area contributed by atoms with Gasteiger partial charge in [0.15, 0.2) is 0 Å². The van der Waals surface area contributed by atoms with Gasteiger partial charge in [0.05, 0.1) is 12.0 Å². The van der Waals surface area contributed by atoms with Crippen molar-refractivity contribution >= 4 is 11.6 Å². The molecule has 1 aromatic carbocycles. The number of rotatable bonds is 2. The van der Waals surface area contributed by atoms with Gasteiger partial charge in [0.1, 0.15) is 5.75 Å². The van der Waals surface area contributed by atoms with E-state index in [4.69, 9.17) is 16.3 Å². The predicted octanol–water partition coefficient (Wildman–Crippen LogP) is 4.09. The Hall–Kier alpha value is -0.690. The number of halogens is 1. The van der Waals surface area contributed by atoms with Crippen LogP contribution < -0.4 is 4.74 Å². The minimum Gasteiger partial charge on any atom is -0.493 e. The molecule has 1 fully saturated rings. The van der Waals surface area contributed by atoms with Crippen LogP contribution in [0.1, 0.15) is 42.2 Å². The fourth-order valence-electron chi connectivity index (χ4n) is 2.56. The van der Waals surface area contributed by atoms with Crippen LogP contribution in [0.4, 0.5) is 0 Å². The van der Waals surface area contributed by atoms with E-state index < -0.39 is 0 Å². The number of hydrogen-bond donors (Lipinski definition) is 0. The summed E-state index contributed by atoms with van der Waals surface area (Å²) in [5, 5.41) is 0.209. The number of fused-ring (bicyclic) bond motifs is 1. The Bertz CT molecular complexity index is 384. The summed E-state index contributed by atoms with van der Waals surface area (Å²) < 4.78 is 5.62. The normalized spacial score (nSPS) is 21.8. The molecule has 3 rings (SSSR count). The zero-order valence-corrected chi connectivity index (χ0v) is 10.2. The minimum atomic E-state index is 0.209.